The largest absolute Gasteiger partial charge is 0.350 e. The normalized spacial score (nSPS) is 23.1. The number of carbonyl (C=O) groups is 2. The lowest BCUT2D eigenvalue weighted by Gasteiger charge is -2.35. The van der Waals surface area contributed by atoms with Crippen molar-refractivity contribution in [3.05, 3.63) is 53.9 Å². The van der Waals surface area contributed by atoms with Gasteiger partial charge in [-0.2, -0.15) is 0 Å². The zero-order chi connectivity index (χ0) is 26.3. The van der Waals surface area contributed by atoms with Crippen LogP contribution in [-0.2, 0) is 29.0 Å². The van der Waals surface area contributed by atoms with E-state index < -0.39 is 26.8 Å². The van der Waals surface area contributed by atoms with Crippen LogP contribution in [0.25, 0.3) is 10.4 Å². The molecule has 200 valence electrons. The Morgan fingerprint density at radius 1 is 1.19 bits per heavy atom. The van der Waals surface area contributed by atoms with Crippen LogP contribution in [0.5, 0.6) is 0 Å². The van der Waals surface area contributed by atoms with Crippen LogP contribution >= 0.6 is 11.3 Å². The summed E-state index contributed by atoms with van der Waals surface area (Å²) in [6, 6.07) is 10.7. The smallest absolute Gasteiger partial charge is 0.319 e. The fraction of sp³-hybridized carbons (Fsp3) is 0.462. The fourth-order valence-corrected chi connectivity index (χ4v) is 8.45. The van der Waals surface area contributed by atoms with Gasteiger partial charge in [-0.1, -0.05) is 24.6 Å². The molecule has 37 heavy (non-hydrogen) atoms. The molecule has 3 amide bonds. The first-order valence-electron chi connectivity index (χ1n) is 12.5. The van der Waals surface area contributed by atoms with Gasteiger partial charge in [-0.3, -0.25) is 4.79 Å². The highest BCUT2D eigenvalue weighted by Gasteiger charge is 2.49. The summed E-state index contributed by atoms with van der Waals surface area (Å²) in [5.41, 5.74) is 3.88. The van der Waals surface area contributed by atoms with Crippen molar-refractivity contribution in [3.63, 3.8) is 0 Å². The molecule has 2 aliphatic rings. The average Bonchev–Trinajstić information content (AvgIpc) is 3.39. The zero-order valence-corrected chi connectivity index (χ0v) is 22.3. The molecule has 11 heteroatoms. The van der Waals surface area contributed by atoms with Gasteiger partial charge in [0.15, 0.2) is 16.1 Å². The average molecular weight is 548 g/mol. The number of hydroxylamine groups is 1. The topological polar surface area (TPSA) is 123 Å². The van der Waals surface area contributed by atoms with Crippen molar-refractivity contribution in [1.82, 2.24) is 10.8 Å². The van der Waals surface area contributed by atoms with Crippen LogP contribution < -0.4 is 16.1 Å². The van der Waals surface area contributed by atoms with Crippen molar-refractivity contribution >= 4 is 38.8 Å². The maximum Gasteiger partial charge on any atom is 0.319 e. The van der Waals surface area contributed by atoms with E-state index >= 15 is 0 Å². The third kappa shape index (κ3) is 6.59. The Hall–Kier alpha value is -2.73. The van der Waals surface area contributed by atoms with Gasteiger partial charge in [0.05, 0.1) is 12.2 Å². The molecule has 1 aromatic heterocycles. The van der Waals surface area contributed by atoms with Gasteiger partial charge >= 0.3 is 6.03 Å². The summed E-state index contributed by atoms with van der Waals surface area (Å²) in [4.78, 5) is 31.8. The molecule has 0 saturated carbocycles. The summed E-state index contributed by atoms with van der Waals surface area (Å²) in [5.74, 6) is -0.439. The third-order valence-electron chi connectivity index (χ3n) is 6.59. The lowest BCUT2D eigenvalue weighted by Crippen LogP contribution is -2.45. The van der Waals surface area contributed by atoms with Crippen molar-refractivity contribution in [2.75, 3.05) is 24.2 Å². The summed E-state index contributed by atoms with van der Waals surface area (Å²) in [6.45, 7) is 4.50. The van der Waals surface area contributed by atoms with E-state index in [9.17, 15) is 18.0 Å². The number of thiophene rings is 1. The van der Waals surface area contributed by atoms with Crippen molar-refractivity contribution in [3.8, 4) is 10.4 Å². The second kappa shape index (κ2) is 12.2. The van der Waals surface area contributed by atoms with E-state index in [2.05, 4.69) is 22.7 Å². The molecule has 2 aliphatic heterocycles. The number of ether oxygens (including phenoxy) is 1. The Kier molecular flexibility index (Phi) is 9.01. The SMILES string of the molecule is C=CCNC(=O)Nc1cccc(-c2ccc([C@@]3(CC(=O)NOC4CCCCO4)CCCCS3(=O)=O)s2)c1. The molecular formula is C26H33N3O6S2. The molecule has 2 fully saturated rings. The minimum Gasteiger partial charge on any atom is -0.350 e. The molecule has 2 aromatic rings. The number of carbonyl (C=O) groups excluding carboxylic acids is 2. The number of sulfone groups is 1. The van der Waals surface area contributed by atoms with Gasteiger partial charge in [0, 0.05) is 35.0 Å². The highest BCUT2D eigenvalue weighted by atomic mass is 32.2. The molecule has 2 atom stereocenters. The molecule has 0 bridgehead atoms. The van der Waals surface area contributed by atoms with Crippen LogP contribution in [0.1, 0.15) is 49.8 Å². The molecule has 9 nitrogen and oxygen atoms in total. The molecular weight excluding hydrogens is 514 g/mol. The lowest BCUT2D eigenvalue weighted by atomic mass is 9.94. The van der Waals surface area contributed by atoms with E-state index in [0.717, 1.165) is 23.3 Å². The van der Waals surface area contributed by atoms with Gasteiger partial charge in [-0.25, -0.2) is 23.5 Å². The molecule has 4 rings (SSSR count). The molecule has 3 heterocycles. The summed E-state index contributed by atoms with van der Waals surface area (Å²) >= 11 is 1.36. The standard InChI is InChI=1S/C26H33N3O6S2/c1-2-14-27-25(31)28-20-9-7-8-19(17-20)21-11-12-22(36-21)26(13-4-6-16-37(26,32)33)18-23(30)29-35-24-10-3-5-15-34-24/h2,7-9,11-12,17,24H,1,3-6,10,13-16,18H2,(H,29,30)(H2,27,28,31)/t24?,26-/m0/s1. The highest BCUT2D eigenvalue weighted by molar-refractivity contribution is 7.92. The number of hydrogen-bond donors (Lipinski definition) is 3. The second-order valence-electron chi connectivity index (χ2n) is 9.25. The highest BCUT2D eigenvalue weighted by Crippen LogP contribution is 2.47. The van der Waals surface area contributed by atoms with Gasteiger partial charge in [0.1, 0.15) is 4.75 Å². The minimum absolute atomic E-state index is 0.0410. The number of rotatable bonds is 9. The van der Waals surface area contributed by atoms with E-state index in [4.69, 9.17) is 9.57 Å². The Labute approximate surface area is 221 Å². The van der Waals surface area contributed by atoms with Gasteiger partial charge in [0.25, 0.3) is 0 Å². The molecule has 0 spiro atoms. The van der Waals surface area contributed by atoms with E-state index in [1.165, 1.54) is 11.3 Å². The Morgan fingerprint density at radius 3 is 2.81 bits per heavy atom. The van der Waals surface area contributed by atoms with Crippen LogP contribution in [-0.4, -0.2) is 45.6 Å². The van der Waals surface area contributed by atoms with E-state index in [0.29, 0.717) is 49.4 Å². The van der Waals surface area contributed by atoms with Gasteiger partial charge in [-0.05, 0) is 55.5 Å². The van der Waals surface area contributed by atoms with E-state index in [1.807, 2.05) is 24.3 Å². The molecule has 0 aliphatic carbocycles. The maximum atomic E-state index is 13.5. The number of anilines is 1. The summed E-state index contributed by atoms with van der Waals surface area (Å²) in [7, 11) is -3.59. The summed E-state index contributed by atoms with van der Waals surface area (Å²) in [6.07, 6.45) is 5.12. The number of amides is 3. The quantitative estimate of drug-likeness (QED) is 0.314. The predicted octanol–water partition coefficient (Wildman–Crippen LogP) is 4.48. The molecule has 1 aromatic carbocycles. The van der Waals surface area contributed by atoms with Crippen LogP contribution in [0.4, 0.5) is 10.5 Å². The molecule has 1 unspecified atom stereocenters. The monoisotopic (exact) mass is 547 g/mol. The van der Waals surface area contributed by atoms with Crippen molar-refractivity contribution < 1.29 is 27.6 Å². The van der Waals surface area contributed by atoms with Crippen molar-refractivity contribution in [2.45, 2.75) is 56.0 Å². The molecule has 3 N–H and O–H groups in total. The first-order valence-corrected chi connectivity index (χ1v) is 14.9. The van der Waals surface area contributed by atoms with Crippen LogP contribution in [0.2, 0.25) is 0 Å². The predicted molar refractivity (Wildman–Crippen MR) is 144 cm³/mol. The summed E-state index contributed by atoms with van der Waals surface area (Å²) in [5, 5.41) is 5.44. The number of benzene rings is 1. The second-order valence-corrected chi connectivity index (χ2v) is 12.8. The number of urea groups is 1. The maximum absolute atomic E-state index is 13.5. The third-order valence-corrected chi connectivity index (χ3v) is 10.6. The summed E-state index contributed by atoms with van der Waals surface area (Å²) < 4.78 is 31.1. The van der Waals surface area contributed by atoms with Gasteiger partial charge < -0.3 is 15.4 Å². The number of nitrogens with one attached hydrogen (secondary N) is 3. The first kappa shape index (κ1) is 27.3. The van der Waals surface area contributed by atoms with Crippen LogP contribution in [0, 0.1) is 0 Å². The van der Waals surface area contributed by atoms with Crippen LogP contribution in [0.15, 0.2) is 49.1 Å². The van der Waals surface area contributed by atoms with E-state index in [1.54, 1.807) is 18.2 Å². The van der Waals surface area contributed by atoms with Gasteiger partial charge in [-0.15, -0.1) is 17.9 Å². The minimum atomic E-state index is -3.59. The molecule has 0 radical (unpaired) electrons. The Bertz CT molecular complexity index is 1220. The Balaban J connectivity index is 1.54. The van der Waals surface area contributed by atoms with Crippen LogP contribution in [0.3, 0.4) is 0 Å². The molecule has 2 saturated heterocycles. The zero-order valence-electron chi connectivity index (χ0n) is 20.7. The van der Waals surface area contributed by atoms with E-state index in [-0.39, 0.29) is 18.2 Å². The van der Waals surface area contributed by atoms with Gasteiger partial charge in [0.2, 0.25) is 5.91 Å². The first-order chi connectivity index (χ1) is 17.8. The lowest BCUT2D eigenvalue weighted by molar-refractivity contribution is -0.200. The Morgan fingerprint density at radius 2 is 2.05 bits per heavy atom. The van der Waals surface area contributed by atoms with Crippen molar-refractivity contribution in [2.24, 2.45) is 0 Å². The number of hydrogen-bond acceptors (Lipinski definition) is 7. The fourth-order valence-electron chi connectivity index (χ4n) is 4.67. The van der Waals surface area contributed by atoms with Crippen molar-refractivity contribution in [1.29, 1.82) is 0 Å².